The Kier molecular flexibility index (Phi) is 4.17. The molecule has 3 aromatic rings. The zero-order chi connectivity index (χ0) is 16.4. The van der Waals surface area contributed by atoms with Gasteiger partial charge in [0.1, 0.15) is 18.4 Å². The average Bonchev–Trinajstić information content (AvgIpc) is 3.27. The summed E-state index contributed by atoms with van der Waals surface area (Å²) < 4.78 is 8.93. The van der Waals surface area contributed by atoms with Gasteiger partial charge in [-0.05, 0) is 23.6 Å². The Morgan fingerprint density at radius 1 is 1.29 bits per heavy atom. The van der Waals surface area contributed by atoms with Gasteiger partial charge in [-0.2, -0.15) is 5.10 Å². The molecule has 1 amide bonds. The maximum atomic E-state index is 12.3. The van der Waals surface area contributed by atoms with Crippen LogP contribution in [0.15, 0.2) is 42.2 Å². The van der Waals surface area contributed by atoms with Gasteiger partial charge in [0.25, 0.3) is 0 Å². The number of nitrogens with zero attached hydrogens (tertiary/aromatic N) is 4. The van der Waals surface area contributed by atoms with E-state index in [9.17, 15) is 4.79 Å². The standard InChI is InChI=1S/C17H18N4O2S/c22-16(12-21-8-1-6-19-21)20-9-3-13(4-10-20)23-15-2-7-18-14-5-11-24-17(14)15/h1-2,5-8,11,13H,3-4,9-10,12H2. The molecule has 1 saturated heterocycles. The highest BCUT2D eigenvalue weighted by atomic mass is 32.1. The molecule has 0 aliphatic carbocycles. The second kappa shape index (κ2) is 6.60. The van der Waals surface area contributed by atoms with E-state index in [1.165, 1.54) is 0 Å². The fraction of sp³-hybridized carbons (Fsp3) is 0.353. The third-order valence-electron chi connectivity index (χ3n) is 4.25. The highest BCUT2D eigenvalue weighted by Crippen LogP contribution is 2.30. The number of piperidine rings is 1. The molecule has 24 heavy (non-hydrogen) atoms. The molecule has 0 bridgehead atoms. The summed E-state index contributed by atoms with van der Waals surface area (Å²) >= 11 is 1.65. The van der Waals surface area contributed by atoms with Crippen molar-refractivity contribution in [3.05, 3.63) is 42.2 Å². The molecule has 124 valence electrons. The van der Waals surface area contributed by atoms with Gasteiger partial charge >= 0.3 is 0 Å². The fourth-order valence-corrected chi connectivity index (χ4v) is 3.78. The summed E-state index contributed by atoms with van der Waals surface area (Å²) in [5.74, 6) is 1.01. The van der Waals surface area contributed by atoms with Crippen molar-refractivity contribution < 1.29 is 9.53 Å². The van der Waals surface area contributed by atoms with Gasteiger partial charge in [0, 0.05) is 44.5 Å². The predicted molar refractivity (Wildman–Crippen MR) is 92.1 cm³/mol. The monoisotopic (exact) mass is 342 g/mol. The van der Waals surface area contributed by atoms with Crippen molar-refractivity contribution in [3.63, 3.8) is 0 Å². The summed E-state index contributed by atoms with van der Waals surface area (Å²) in [7, 11) is 0. The predicted octanol–water partition coefficient (Wildman–Crippen LogP) is 2.56. The van der Waals surface area contributed by atoms with Gasteiger partial charge < -0.3 is 9.64 Å². The van der Waals surface area contributed by atoms with Crippen LogP contribution in [0.1, 0.15) is 12.8 Å². The number of amides is 1. The molecule has 7 heteroatoms. The lowest BCUT2D eigenvalue weighted by atomic mass is 10.1. The molecule has 0 aromatic carbocycles. The van der Waals surface area contributed by atoms with Crippen LogP contribution in [0.5, 0.6) is 5.75 Å². The zero-order valence-electron chi connectivity index (χ0n) is 13.2. The number of rotatable bonds is 4. The smallest absolute Gasteiger partial charge is 0.244 e. The van der Waals surface area contributed by atoms with Gasteiger partial charge in [-0.3, -0.25) is 14.5 Å². The quantitative estimate of drug-likeness (QED) is 0.731. The molecule has 0 saturated carbocycles. The van der Waals surface area contributed by atoms with Gasteiger partial charge in [-0.25, -0.2) is 0 Å². The molecule has 1 aliphatic rings. The minimum atomic E-state index is 0.113. The molecule has 0 N–H and O–H groups in total. The van der Waals surface area contributed by atoms with Crippen LogP contribution in [0.3, 0.4) is 0 Å². The first kappa shape index (κ1) is 15.1. The Bertz CT molecular complexity index is 822. The maximum absolute atomic E-state index is 12.3. The van der Waals surface area contributed by atoms with Gasteiger partial charge in [-0.15, -0.1) is 11.3 Å². The van der Waals surface area contributed by atoms with E-state index in [4.69, 9.17) is 4.74 Å². The lowest BCUT2D eigenvalue weighted by Crippen LogP contribution is -2.43. The molecule has 0 unspecified atom stereocenters. The largest absolute Gasteiger partial charge is 0.489 e. The average molecular weight is 342 g/mol. The van der Waals surface area contributed by atoms with E-state index < -0.39 is 0 Å². The Hall–Kier alpha value is -2.41. The van der Waals surface area contributed by atoms with Crippen LogP contribution in [-0.4, -0.2) is 44.8 Å². The van der Waals surface area contributed by atoms with Crippen LogP contribution >= 0.6 is 11.3 Å². The first-order chi connectivity index (χ1) is 11.8. The van der Waals surface area contributed by atoms with Crippen molar-refractivity contribution >= 4 is 27.5 Å². The Morgan fingerprint density at radius 3 is 2.96 bits per heavy atom. The number of aromatic nitrogens is 3. The first-order valence-electron chi connectivity index (χ1n) is 8.04. The zero-order valence-corrected chi connectivity index (χ0v) is 14.0. The first-order valence-corrected chi connectivity index (χ1v) is 8.91. The third-order valence-corrected chi connectivity index (χ3v) is 5.17. The molecule has 6 nitrogen and oxygen atoms in total. The maximum Gasteiger partial charge on any atom is 0.244 e. The Balaban J connectivity index is 1.34. The minimum absolute atomic E-state index is 0.113. The SMILES string of the molecule is O=C(Cn1cccn1)N1CCC(Oc2ccnc3ccsc23)CC1. The van der Waals surface area contributed by atoms with E-state index in [0.29, 0.717) is 6.54 Å². The number of pyridine rings is 1. The summed E-state index contributed by atoms with van der Waals surface area (Å²) in [6, 6.07) is 5.75. The van der Waals surface area contributed by atoms with Gasteiger partial charge in [0.2, 0.25) is 5.91 Å². The third kappa shape index (κ3) is 3.12. The van der Waals surface area contributed by atoms with Crippen LogP contribution < -0.4 is 4.74 Å². The van der Waals surface area contributed by atoms with Crippen molar-refractivity contribution in [3.8, 4) is 5.75 Å². The lowest BCUT2D eigenvalue weighted by molar-refractivity contribution is -0.133. The summed E-state index contributed by atoms with van der Waals surface area (Å²) in [6.45, 7) is 1.76. The lowest BCUT2D eigenvalue weighted by Gasteiger charge is -2.32. The van der Waals surface area contributed by atoms with Crippen LogP contribution in [0.2, 0.25) is 0 Å². The molecule has 0 radical (unpaired) electrons. The number of carbonyl (C=O) groups is 1. The molecule has 1 aliphatic heterocycles. The second-order valence-corrected chi connectivity index (χ2v) is 6.76. The molecule has 0 atom stereocenters. The van der Waals surface area contributed by atoms with Crippen molar-refractivity contribution in [1.29, 1.82) is 0 Å². The van der Waals surface area contributed by atoms with Crippen LogP contribution in [0.25, 0.3) is 10.2 Å². The number of hydrogen-bond donors (Lipinski definition) is 0. The van der Waals surface area contributed by atoms with Crippen molar-refractivity contribution in [2.45, 2.75) is 25.5 Å². The normalized spacial score (nSPS) is 15.8. The van der Waals surface area contributed by atoms with E-state index in [0.717, 1.165) is 41.9 Å². The van der Waals surface area contributed by atoms with Crippen LogP contribution in [0, 0.1) is 0 Å². The molecule has 4 heterocycles. The highest BCUT2D eigenvalue weighted by molar-refractivity contribution is 7.17. The summed E-state index contributed by atoms with van der Waals surface area (Å²) in [4.78, 5) is 18.5. The van der Waals surface area contributed by atoms with Gasteiger partial charge in [0.05, 0.1) is 10.2 Å². The van der Waals surface area contributed by atoms with E-state index in [1.54, 1.807) is 28.4 Å². The van der Waals surface area contributed by atoms with E-state index >= 15 is 0 Å². The number of ether oxygens (including phenoxy) is 1. The van der Waals surface area contributed by atoms with E-state index in [-0.39, 0.29) is 12.0 Å². The molecular formula is C17H18N4O2S. The fourth-order valence-electron chi connectivity index (χ4n) is 2.98. The molecule has 1 fully saturated rings. The number of hydrogen-bond acceptors (Lipinski definition) is 5. The van der Waals surface area contributed by atoms with Crippen LogP contribution in [0.4, 0.5) is 0 Å². The Labute approximate surface area is 143 Å². The number of thiophene rings is 1. The van der Waals surface area contributed by atoms with Crippen molar-refractivity contribution in [1.82, 2.24) is 19.7 Å². The highest BCUT2D eigenvalue weighted by Gasteiger charge is 2.24. The number of carbonyl (C=O) groups excluding carboxylic acids is 1. The van der Waals surface area contributed by atoms with Crippen molar-refractivity contribution in [2.24, 2.45) is 0 Å². The van der Waals surface area contributed by atoms with Gasteiger partial charge in [0.15, 0.2) is 0 Å². The summed E-state index contributed by atoms with van der Waals surface area (Å²) in [5, 5.41) is 6.11. The Morgan fingerprint density at radius 2 is 2.17 bits per heavy atom. The summed E-state index contributed by atoms with van der Waals surface area (Å²) in [6.07, 6.45) is 7.12. The second-order valence-electron chi connectivity index (χ2n) is 5.85. The van der Waals surface area contributed by atoms with Crippen molar-refractivity contribution in [2.75, 3.05) is 13.1 Å². The van der Waals surface area contributed by atoms with E-state index in [1.807, 2.05) is 34.7 Å². The van der Waals surface area contributed by atoms with Crippen LogP contribution in [-0.2, 0) is 11.3 Å². The van der Waals surface area contributed by atoms with Gasteiger partial charge in [-0.1, -0.05) is 0 Å². The molecule has 0 spiro atoms. The number of fused-ring (bicyclic) bond motifs is 1. The minimum Gasteiger partial charge on any atom is -0.489 e. The summed E-state index contributed by atoms with van der Waals surface area (Å²) in [5.41, 5.74) is 0.976. The van der Waals surface area contributed by atoms with E-state index in [2.05, 4.69) is 10.1 Å². The molecule has 4 rings (SSSR count). The topological polar surface area (TPSA) is 60.2 Å². The molecular weight excluding hydrogens is 324 g/mol. The number of likely N-dealkylation sites (tertiary alicyclic amines) is 1. The molecule has 3 aromatic heterocycles.